The van der Waals surface area contributed by atoms with Gasteiger partial charge in [0, 0.05) is 12.7 Å². The second-order valence-corrected chi connectivity index (χ2v) is 4.58. The Labute approximate surface area is 109 Å². The Kier molecular flexibility index (Phi) is 2.45. The van der Waals surface area contributed by atoms with Crippen molar-refractivity contribution >= 4 is 16.8 Å². The average Bonchev–Trinajstić information content (AvgIpc) is 2.81. The van der Waals surface area contributed by atoms with Crippen molar-refractivity contribution in [2.75, 3.05) is 5.73 Å². The first kappa shape index (κ1) is 11.6. The van der Waals surface area contributed by atoms with E-state index in [-0.39, 0.29) is 5.76 Å². The van der Waals surface area contributed by atoms with Crippen molar-refractivity contribution in [3.63, 3.8) is 0 Å². The molecule has 0 saturated heterocycles. The van der Waals surface area contributed by atoms with Gasteiger partial charge in [0.25, 0.3) is 0 Å². The number of nitrogens with two attached hydrogens (primary N) is 1. The molecule has 0 aliphatic rings. The van der Waals surface area contributed by atoms with Gasteiger partial charge in [0.05, 0.1) is 23.4 Å². The van der Waals surface area contributed by atoms with Crippen LogP contribution in [0.25, 0.3) is 11.1 Å². The van der Waals surface area contributed by atoms with Gasteiger partial charge in [0.1, 0.15) is 0 Å². The molecule has 0 spiro atoms. The molecule has 0 aliphatic heterocycles. The van der Waals surface area contributed by atoms with E-state index in [1.54, 1.807) is 27.4 Å². The second kappa shape index (κ2) is 4.01. The Hall–Kier alpha value is -2.50. The smallest absolute Gasteiger partial charge is 0.408 e. The van der Waals surface area contributed by atoms with Crippen LogP contribution in [0.15, 0.2) is 33.5 Å². The zero-order valence-corrected chi connectivity index (χ0v) is 10.8. The number of nitrogens with zero attached hydrogens (tertiary/aromatic N) is 3. The molecule has 2 N–H and O–H groups in total. The molecular weight excluding hydrogens is 244 g/mol. The third-order valence-electron chi connectivity index (χ3n) is 3.11. The van der Waals surface area contributed by atoms with Crippen molar-refractivity contribution in [2.45, 2.75) is 13.5 Å². The van der Waals surface area contributed by atoms with E-state index >= 15 is 0 Å². The number of nitrogen functional groups attached to an aromatic ring is 1. The molecule has 6 heteroatoms. The van der Waals surface area contributed by atoms with Crippen molar-refractivity contribution in [1.29, 1.82) is 0 Å². The summed E-state index contributed by atoms with van der Waals surface area (Å²) < 4.78 is 8.51. The van der Waals surface area contributed by atoms with Gasteiger partial charge in [-0.15, -0.1) is 0 Å². The molecule has 0 unspecified atom stereocenters. The fourth-order valence-corrected chi connectivity index (χ4v) is 2.20. The molecule has 3 aromatic rings. The Morgan fingerprint density at radius 1 is 1.37 bits per heavy atom. The summed E-state index contributed by atoms with van der Waals surface area (Å²) >= 11 is 0. The highest BCUT2D eigenvalue weighted by molar-refractivity contribution is 5.77. The molecule has 19 heavy (non-hydrogen) atoms. The van der Waals surface area contributed by atoms with Gasteiger partial charge in [-0.3, -0.25) is 9.25 Å². The zero-order valence-electron chi connectivity index (χ0n) is 10.8. The lowest BCUT2D eigenvalue weighted by Crippen LogP contribution is -2.16. The number of rotatable bonds is 2. The van der Waals surface area contributed by atoms with E-state index in [9.17, 15) is 4.79 Å². The summed E-state index contributed by atoms with van der Waals surface area (Å²) in [6.07, 6.45) is 0. The highest BCUT2D eigenvalue weighted by atomic mass is 16.4. The lowest BCUT2D eigenvalue weighted by Gasteiger charge is -2.03. The van der Waals surface area contributed by atoms with Crippen LogP contribution >= 0.6 is 0 Å². The highest BCUT2D eigenvalue weighted by Crippen LogP contribution is 2.17. The maximum absolute atomic E-state index is 11.9. The van der Waals surface area contributed by atoms with Crippen LogP contribution in [-0.2, 0) is 13.6 Å². The number of anilines is 1. The summed E-state index contributed by atoms with van der Waals surface area (Å²) in [5.41, 5.74) is 9.44. The fraction of sp³-hybridized carbons (Fsp3) is 0.231. The number of aryl methyl sites for hydroxylation is 2. The summed E-state index contributed by atoms with van der Waals surface area (Å²) in [4.78, 5) is 11.9. The van der Waals surface area contributed by atoms with Crippen molar-refractivity contribution in [3.8, 4) is 0 Å². The van der Waals surface area contributed by atoms with Gasteiger partial charge >= 0.3 is 5.76 Å². The Balaban J connectivity index is 2.14. The third kappa shape index (κ3) is 1.91. The SMILES string of the molecule is Cc1cc(Cn2c(=O)oc3ccc(N)cc32)n(C)n1. The van der Waals surface area contributed by atoms with Gasteiger partial charge in [0.2, 0.25) is 0 Å². The minimum atomic E-state index is -0.389. The zero-order chi connectivity index (χ0) is 13.6. The highest BCUT2D eigenvalue weighted by Gasteiger charge is 2.12. The quantitative estimate of drug-likeness (QED) is 0.702. The standard InChI is InChI=1S/C13H14N4O2/c1-8-5-10(16(2)15-8)7-17-11-6-9(14)3-4-12(11)19-13(17)18/h3-6H,7,14H2,1-2H3. The van der Waals surface area contributed by atoms with Gasteiger partial charge < -0.3 is 10.2 Å². The monoisotopic (exact) mass is 258 g/mol. The van der Waals surface area contributed by atoms with E-state index < -0.39 is 0 Å². The van der Waals surface area contributed by atoms with Gasteiger partial charge in [0.15, 0.2) is 5.58 Å². The van der Waals surface area contributed by atoms with Gasteiger partial charge in [-0.2, -0.15) is 5.10 Å². The predicted molar refractivity (Wildman–Crippen MR) is 71.9 cm³/mol. The van der Waals surface area contributed by atoms with Crippen molar-refractivity contribution in [1.82, 2.24) is 14.3 Å². The molecule has 0 saturated carbocycles. The molecular formula is C13H14N4O2. The Bertz CT molecular complexity index is 810. The number of hydrogen-bond acceptors (Lipinski definition) is 4. The first-order valence-corrected chi connectivity index (χ1v) is 5.93. The van der Waals surface area contributed by atoms with E-state index in [0.717, 1.165) is 11.4 Å². The van der Waals surface area contributed by atoms with Crippen LogP contribution in [-0.4, -0.2) is 14.3 Å². The Morgan fingerprint density at radius 2 is 2.16 bits per heavy atom. The normalized spacial score (nSPS) is 11.3. The van der Waals surface area contributed by atoms with E-state index in [1.165, 1.54) is 0 Å². The largest absolute Gasteiger partial charge is 0.420 e. The molecule has 0 atom stereocenters. The topological polar surface area (TPSA) is 79.0 Å². The van der Waals surface area contributed by atoms with Crippen LogP contribution < -0.4 is 11.5 Å². The van der Waals surface area contributed by atoms with Gasteiger partial charge in [-0.1, -0.05) is 0 Å². The van der Waals surface area contributed by atoms with E-state index in [0.29, 0.717) is 23.3 Å². The van der Waals surface area contributed by atoms with Crippen LogP contribution in [0.4, 0.5) is 5.69 Å². The summed E-state index contributed by atoms with van der Waals surface area (Å²) in [6.45, 7) is 2.32. The molecule has 0 bridgehead atoms. The van der Waals surface area contributed by atoms with Crippen LogP contribution in [0.3, 0.4) is 0 Å². The summed E-state index contributed by atoms with van der Waals surface area (Å²) in [7, 11) is 1.85. The minimum Gasteiger partial charge on any atom is -0.408 e. The molecule has 6 nitrogen and oxygen atoms in total. The average molecular weight is 258 g/mol. The Morgan fingerprint density at radius 3 is 2.84 bits per heavy atom. The molecule has 98 valence electrons. The molecule has 2 aromatic heterocycles. The first-order valence-electron chi connectivity index (χ1n) is 5.93. The molecule has 3 rings (SSSR count). The minimum absolute atomic E-state index is 0.389. The van der Waals surface area contributed by atoms with Crippen LogP contribution in [0.5, 0.6) is 0 Å². The van der Waals surface area contributed by atoms with Crippen molar-refractivity contribution in [3.05, 3.63) is 46.2 Å². The summed E-state index contributed by atoms with van der Waals surface area (Å²) in [5.74, 6) is -0.389. The van der Waals surface area contributed by atoms with Crippen molar-refractivity contribution < 1.29 is 4.42 Å². The van der Waals surface area contributed by atoms with Crippen molar-refractivity contribution in [2.24, 2.45) is 7.05 Å². The van der Waals surface area contributed by atoms with Gasteiger partial charge in [-0.25, -0.2) is 4.79 Å². The maximum atomic E-state index is 11.9. The predicted octanol–water partition coefficient (Wildman–Crippen LogP) is 1.27. The van der Waals surface area contributed by atoms with Crippen LogP contribution in [0.2, 0.25) is 0 Å². The van der Waals surface area contributed by atoms with Crippen LogP contribution in [0.1, 0.15) is 11.4 Å². The lowest BCUT2D eigenvalue weighted by atomic mass is 10.3. The number of benzene rings is 1. The number of hydrogen-bond donors (Lipinski definition) is 1. The molecule has 2 heterocycles. The van der Waals surface area contributed by atoms with E-state index in [2.05, 4.69) is 5.10 Å². The number of oxazole rings is 1. The summed E-state index contributed by atoms with van der Waals surface area (Å²) in [6, 6.07) is 7.10. The van der Waals surface area contributed by atoms with Crippen LogP contribution in [0, 0.1) is 6.92 Å². The van der Waals surface area contributed by atoms with E-state index in [4.69, 9.17) is 10.2 Å². The summed E-state index contributed by atoms with van der Waals surface area (Å²) in [5, 5.41) is 4.26. The third-order valence-corrected chi connectivity index (χ3v) is 3.11. The molecule has 0 amide bonds. The molecule has 0 radical (unpaired) electrons. The fourth-order valence-electron chi connectivity index (χ4n) is 2.20. The first-order chi connectivity index (χ1) is 9.04. The second-order valence-electron chi connectivity index (χ2n) is 4.58. The lowest BCUT2D eigenvalue weighted by molar-refractivity contribution is 0.511. The molecule has 0 fully saturated rings. The van der Waals surface area contributed by atoms with Gasteiger partial charge in [-0.05, 0) is 31.2 Å². The van der Waals surface area contributed by atoms with E-state index in [1.807, 2.05) is 20.0 Å². The number of fused-ring (bicyclic) bond motifs is 1. The number of aromatic nitrogens is 3. The maximum Gasteiger partial charge on any atom is 0.420 e. The molecule has 0 aliphatic carbocycles. The molecule has 1 aromatic carbocycles.